The molecule has 1 rings (SSSR count). The van der Waals surface area contributed by atoms with Crippen LogP contribution < -0.4 is 5.32 Å². The largest absolute Gasteiger partial charge is 0.508 e. The molecule has 0 radical (unpaired) electrons. The Hall–Kier alpha value is -1.35. The van der Waals surface area contributed by atoms with Crippen LogP contribution in [0, 0.1) is 0 Å². The van der Waals surface area contributed by atoms with Gasteiger partial charge in [0.1, 0.15) is 11.5 Å². The molecule has 1 aromatic rings. The molecule has 0 aliphatic heterocycles. The van der Waals surface area contributed by atoms with Gasteiger partial charge in [0.05, 0.1) is 0 Å². The Morgan fingerprint density at radius 3 is 2.60 bits per heavy atom. The van der Waals surface area contributed by atoms with Crippen molar-refractivity contribution in [1.82, 2.24) is 5.32 Å². The van der Waals surface area contributed by atoms with Crippen molar-refractivity contribution >= 4 is 5.78 Å². The molecule has 0 bridgehead atoms. The van der Waals surface area contributed by atoms with Gasteiger partial charge in [-0.25, -0.2) is 0 Å². The van der Waals surface area contributed by atoms with Gasteiger partial charge in [-0.1, -0.05) is 19.1 Å². The third kappa shape index (κ3) is 4.61. The number of ketones is 1. The average Bonchev–Trinajstić information content (AvgIpc) is 2.22. The number of carbonyl (C=O) groups is 1. The molecule has 1 aromatic carbocycles. The van der Waals surface area contributed by atoms with Crippen molar-refractivity contribution in [3.05, 3.63) is 29.8 Å². The third-order valence-corrected chi connectivity index (χ3v) is 2.17. The van der Waals surface area contributed by atoms with Gasteiger partial charge >= 0.3 is 0 Å². The van der Waals surface area contributed by atoms with Gasteiger partial charge in [0, 0.05) is 19.4 Å². The van der Waals surface area contributed by atoms with Gasteiger partial charge in [0.15, 0.2) is 0 Å². The Morgan fingerprint density at radius 1 is 1.33 bits per heavy atom. The van der Waals surface area contributed by atoms with Crippen LogP contribution in [0.25, 0.3) is 0 Å². The fourth-order valence-corrected chi connectivity index (χ4v) is 1.33. The molecule has 15 heavy (non-hydrogen) atoms. The molecule has 82 valence electrons. The van der Waals surface area contributed by atoms with Crippen molar-refractivity contribution in [2.45, 2.75) is 19.8 Å². The zero-order valence-electron chi connectivity index (χ0n) is 8.99. The highest BCUT2D eigenvalue weighted by atomic mass is 16.3. The monoisotopic (exact) mass is 207 g/mol. The number of Topliss-reactive ketones (excluding diaryl/α,β-unsaturated/α-hetero) is 1. The van der Waals surface area contributed by atoms with E-state index >= 15 is 0 Å². The van der Waals surface area contributed by atoms with Gasteiger partial charge in [0.25, 0.3) is 0 Å². The van der Waals surface area contributed by atoms with Gasteiger partial charge in [-0.15, -0.1) is 0 Å². The van der Waals surface area contributed by atoms with Crippen molar-refractivity contribution in [3.63, 3.8) is 0 Å². The molecular formula is C12H17NO2. The summed E-state index contributed by atoms with van der Waals surface area (Å²) in [6.45, 7) is 3.66. The molecule has 0 aromatic heterocycles. The molecular weight excluding hydrogens is 190 g/mol. The lowest BCUT2D eigenvalue weighted by molar-refractivity contribution is -0.118. The van der Waals surface area contributed by atoms with E-state index in [0.717, 1.165) is 18.7 Å². The molecule has 3 heteroatoms. The molecule has 0 fully saturated rings. The number of rotatable bonds is 6. The quantitative estimate of drug-likeness (QED) is 0.695. The summed E-state index contributed by atoms with van der Waals surface area (Å²) in [5.74, 6) is 0.459. The lowest BCUT2D eigenvalue weighted by atomic mass is 10.1. The summed E-state index contributed by atoms with van der Waals surface area (Å²) in [6.07, 6.45) is 1.01. The van der Waals surface area contributed by atoms with Crippen LogP contribution >= 0.6 is 0 Å². The summed E-state index contributed by atoms with van der Waals surface area (Å²) in [6, 6.07) is 6.76. The highest BCUT2D eigenvalue weighted by Crippen LogP contribution is 2.10. The first-order chi connectivity index (χ1) is 7.22. The number of phenolic OH excluding ortho intramolecular Hbond substituents is 1. The van der Waals surface area contributed by atoms with Gasteiger partial charge < -0.3 is 10.4 Å². The Kier molecular flexibility index (Phi) is 4.84. The molecule has 0 saturated heterocycles. The van der Waals surface area contributed by atoms with Crippen LogP contribution in [0.3, 0.4) is 0 Å². The number of aromatic hydroxyl groups is 1. The van der Waals surface area contributed by atoms with Crippen molar-refractivity contribution in [3.8, 4) is 5.75 Å². The summed E-state index contributed by atoms with van der Waals surface area (Å²) < 4.78 is 0. The molecule has 3 nitrogen and oxygen atoms in total. The van der Waals surface area contributed by atoms with Crippen molar-refractivity contribution < 1.29 is 9.90 Å². The molecule has 2 N–H and O–H groups in total. The van der Waals surface area contributed by atoms with E-state index in [1.54, 1.807) is 24.3 Å². The van der Waals surface area contributed by atoms with Crippen LogP contribution in [0.4, 0.5) is 0 Å². The van der Waals surface area contributed by atoms with Crippen LogP contribution in [0.2, 0.25) is 0 Å². The first kappa shape index (κ1) is 11.7. The maximum atomic E-state index is 11.5. The molecule has 0 spiro atoms. The number of phenols is 1. The summed E-state index contributed by atoms with van der Waals surface area (Å²) in [7, 11) is 0. The van der Waals surface area contributed by atoms with E-state index in [9.17, 15) is 4.79 Å². The predicted octanol–water partition coefficient (Wildman–Crippen LogP) is 1.50. The number of nitrogens with one attached hydrogen (secondary N) is 1. The SMILES string of the molecule is CCNCCC(=O)Cc1ccc(O)cc1. The number of carbonyl (C=O) groups excluding carboxylic acids is 1. The van der Waals surface area contributed by atoms with Crippen LogP contribution in [-0.2, 0) is 11.2 Å². The molecule has 0 saturated carbocycles. The molecule has 0 aliphatic rings. The Bertz CT molecular complexity index is 306. The topological polar surface area (TPSA) is 49.3 Å². The maximum absolute atomic E-state index is 11.5. The van der Waals surface area contributed by atoms with Crippen LogP contribution in [0.1, 0.15) is 18.9 Å². The fourth-order valence-electron chi connectivity index (χ4n) is 1.33. The molecule has 0 atom stereocenters. The lowest BCUT2D eigenvalue weighted by Gasteiger charge is -2.02. The summed E-state index contributed by atoms with van der Waals surface area (Å²) in [5.41, 5.74) is 0.953. The normalized spacial score (nSPS) is 10.2. The molecule has 0 amide bonds. The lowest BCUT2D eigenvalue weighted by Crippen LogP contribution is -2.18. The number of hydrogen-bond donors (Lipinski definition) is 2. The highest BCUT2D eigenvalue weighted by molar-refractivity contribution is 5.81. The summed E-state index contributed by atoms with van der Waals surface area (Å²) in [4.78, 5) is 11.5. The van der Waals surface area contributed by atoms with E-state index in [-0.39, 0.29) is 11.5 Å². The van der Waals surface area contributed by atoms with Crippen LogP contribution in [-0.4, -0.2) is 24.0 Å². The van der Waals surface area contributed by atoms with E-state index in [2.05, 4.69) is 5.32 Å². The minimum absolute atomic E-state index is 0.224. The first-order valence-corrected chi connectivity index (χ1v) is 5.22. The van der Waals surface area contributed by atoms with Crippen LogP contribution in [0.15, 0.2) is 24.3 Å². The predicted molar refractivity (Wildman–Crippen MR) is 60.0 cm³/mol. The Morgan fingerprint density at radius 2 is 2.00 bits per heavy atom. The minimum atomic E-state index is 0.224. The Labute approximate surface area is 90.1 Å². The van der Waals surface area contributed by atoms with Gasteiger partial charge in [0.2, 0.25) is 0 Å². The first-order valence-electron chi connectivity index (χ1n) is 5.22. The average molecular weight is 207 g/mol. The minimum Gasteiger partial charge on any atom is -0.508 e. The van der Waals surface area contributed by atoms with Crippen molar-refractivity contribution in [1.29, 1.82) is 0 Å². The summed E-state index contributed by atoms with van der Waals surface area (Å²) >= 11 is 0. The van der Waals surface area contributed by atoms with Crippen molar-refractivity contribution in [2.24, 2.45) is 0 Å². The third-order valence-electron chi connectivity index (χ3n) is 2.17. The Balaban J connectivity index is 2.34. The summed E-state index contributed by atoms with van der Waals surface area (Å²) in [5, 5.41) is 12.2. The van der Waals surface area contributed by atoms with E-state index < -0.39 is 0 Å². The maximum Gasteiger partial charge on any atom is 0.138 e. The zero-order valence-corrected chi connectivity index (χ0v) is 8.99. The number of hydrogen-bond acceptors (Lipinski definition) is 3. The van der Waals surface area contributed by atoms with Gasteiger partial charge in [-0.05, 0) is 24.2 Å². The van der Waals surface area contributed by atoms with Gasteiger partial charge in [-0.3, -0.25) is 4.79 Å². The molecule has 0 unspecified atom stereocenters. The molecule has 0 aliphatic carbocycles. The van der Waals surface area contributed by atoms with Crippen molar-refractivity contribution in [2.75, 3.05) is 13.1 Å². The zero-order chi connectivity index (χ0) is 11.1. The second-order valence-electron chi connectivity index (χ2n) is 3.49. The van der Waals surface area contributed by atoms with Crippen LogP contribution in [0.5, 0.6) is 5.75 Å². The number of benzene rings is 1. The van der Waals surface area contributed by atoms with E-state index in [4.69, 9.17) is 5.11 Å². The van der Waals surface area contributed by atoms with E-state index in [0.29, 0.717) is 12.8 Å². The fraction of sp³-hybridized carbons (Fsp3) is 0.417. The second kappa shape index (κ2) is 6.19. The molecule has 0 heterocycles. The van der Waals surface area contributed by atoms with Gasteiger partial charge in [-0.2, -0.15) is 0 Å². The second-order valence-corrected chi connectivity index (χ2v) is 3.49. The van der Waals surface area contributed by atoms with E-state index in [1.807, 2.05) is 6.92 Å². The highest BCUT2D eigenvalue weighted by Gasteiger charge is 2.02. The van der Waals surface area contributed by atoms with E-state index in [1.165, 1.54) is 0 Å². The standard InChI is InChI=1S/C12H17NO2/c1-2-13-8-7-12(15)9-10-3-5-11(14)6-4-10/h3-6,13-14H,2,7-9H2,1H3. The smallest absolute Gasteiger partial charge is 0.138 e.